The Morgan fingerprint density at radius 3 is 2.72 bits per heavy atom. The van der Waals surface area contributed by atoms with Crippen LogP contribution in [0.2, 0.25) is 5.02 Å². The van der Waals surface area contributed by atoms with Crippen molar-refractivity contribution < 1.29 is 4.39 Å². The lowest BCUT2D eigenvalue weighted by Gasteiger charge is -2.23. The Labute approximate surface area is 119 Å². The molecular weight excluding hydrogens is 319 g/mol. The van der Waals surface area contributed by atoms with Crippen LogP contribution in [0.3, 0.4) is 0 Å². The third-order valence-electron chi connectivity index (χ3n) is 2.50. The predicted octanol–water partition coefficient (Wildman–Crippen LogP) is 4.79. The summed E-state index contributed by atoms with van der Waals surface area (Å²) in [5.41, 5.74) is 0.469. The second kappa shape index (κ2) is 5.67. The maximum atomic E-state index is 13.8. The minimum atomic E-state index is -0.292. The highest BCUT2D eigenvalue weighted by atomic mass is 79.9. The van der Waals surface area contributed by atoms with Crippen LogP contribution < -0.4 is 4.90 Å². The number of nitrogens with zero attached hydrogens (tertiary/aromatic N) is 2. The Kier molecular flexibility index (Phi) is 4.19. The standard InChI is InChI=1S/C13H11BrClFN2/c1-2-18(12-6-4-3-5-11(12)16)13-10(15)7-9(14)8-17-13/h3-8H,2H2,1H3. The summed E-state index contributed by atoms with van der Waals surface area (Å²) < 4.78 is 14.6. The molecule has 2 rings (SSSR count). The van der Waals surface area contributed by atoms with Crippen LogP contribution in [-0.2, 0) is 0 Å². The van der Waals surface area contributed by atoms with Crippen LogP contribution in [0.5, 0.6) is 0 Å². The molecule has 5 heteroatoms. The summed E-state index contributed by atoms with van der Waals surface area (Å²) in [5, 5.41) is 0.481. The summed E-state index contributed by atoms with van der Waals surface area (Å²) in [4.78, 5) is 5.99. The fraction of sp³-hybridized carbons (Fsp3) is 0.154. The van der Waals surface area contributed by atoms with E-state index in [1.807, 2.05) is 6.92 Å². The molecule has 0 saturated carbocycles. The molecular formula is C13H11BrClFN2. The summed E-state index contributed by atoms with van der Waals surface area (Å²) in [6, 6.07) is 8.31. The van der Waals surface area contributed by atoms with Gasteiger partial charge in [0.05, 0.1) is 10.7 Å². The van der Waals surface area contributed by atoms with Crippen molar-refractivity contribution in [2.45, 2.75) is 6.92 Å². The molecule has 0 atom stereocenters. The third kappa shape index (κ3) is 2.65. The van der Waals surface area contributed by atoms with Crippen molar-refractivity contribution >= 4 is 39.0 Å². The largest absolute Gasteiger partial charge is 0.323 e. The van der Waals surface area contributed by atoms with Gasteiger partial charge in [-0.3, -0.25) is 0 Å². The first-order chi connectivity index (χ1) is 8.63. The van der Waals surface area contributed by atoms with Gasteiger partial charge in [-0.2, -0.15) is 0 Å². The molecule has 2 aromatic rings. The lowest BCUT2D eigenvalue weighted by atomic mass is 10.2. The van der Waals surface area contributed by atoms with E-state index in [9.17, 15) is 4.39 Å². The van der Waals surface area contributed by atoms with Crippen LogP contribution in [0.1, 0.15) is 6.92 Å². The summed E-state index contributed by atoms with van der Waals surface area (Å²) in [6.45, 7) is 2.50. The molecule has 0 fully saturated rings. The fourth-order valence-electron chi connectivity index (χ4n) is 1.71. The van der Waals surface area contributed by atoms with Crippen LogP contribution in [0.4, 0.5) is 15.9 Å². The molecule has 2 nitrogen and oxygen atoms in total. The fourth-order valence-corrected chi connectivity index (χ4v) is 2.44. The molecule has 1 aromatic heterocycles. The number of benzene rings is 1. The highest BCUT2D eigenvalue weighted by Gasteiger charge is 2.15. The van der Waals surface area contributed by atoms with Gasteiger partial charge in [-0.05, 0) is 41.1 Å². The molecule has 1 heterocycles. The molecule has 0 N–H and O–H groups in total. The van der Waals surface area contributed by atoms with Gasteiger partial charge in [-0.25, -0.2) is 9.37 Å². The Balaban J connectivity index is 2.49. The number of rotatable bonds is 3. The normalized spacial score (nSPS) is 10.4. The molecule has 18 heavy (non-hydrogen) atoms. The molecule has 0 amide bonds. The highest BCUT2D eigenvalue weighted by molar-refractivity contribution is 9.10. The average Bonchev–Trinajstić information content (AvgIpc) is 2.34. The van der Waals surface area contributed by atoms with Crippen molar-refractivity contribution in [3.8, 4) is 0 Å². The van der Waals surface area contributed by atoms with Gasteiger partial charge in [-0.1, -0.05) is 23.7 Å². The van der Waals surface area contributed by atoms with Crippen molar-refractivity contribution in [3.63, 3.8) is 0 Å². The zero-order chi connectivity index (χ0) is 13.1. The quantitative estimate of drug-likeness (QED) is 0.804. The number of halogens is 3. The highest BCUT2D eigenvalue weighted by Crippen LogP contribution is 2.32. The number of para-hydroxylation sites is 1. The Morgan fingerprint density at radius 2 is 2.11 bits per heavy atom. The van der Waals surface area contributed by atoms with Gasteiger partial charge < -0.3 is 4.90 Å². The summed E-state index contributed by atoms with van der Waals surface area (Å²) in [6.07, 6.45) is 1.64. The van der Waals surface area contributed by atoms with Crippen molar-refractivity contribution in [3.05, 3.63) is 51.8 Å². The zero-order valence-electron chi connectivity index (χ0n) is 9.70. The molecule has 0 bridgehead atoms. The van der Waals surface area contributed by atoms with Crippen LogP contribution in [0.25, 0.3) is 0 Å². The first-order valence-corrected chi connectivity index (χ1v) is 6.63. The number of hydrogen-bond acceptors (Lipinski definition) is 2. The van der Waals surface area contributed by atoms with E-state index in [1.165, 1.54) is 6.07 Å². The average molecular weight is 330 g/mol. The molecule has 0 aliphatic heterocycles. The van der Waals surface area contributed by atoms with E-state index in [0.717, 1.165) is 4.47 Å². The number of aromatic nitrogens is 1. The lowest BCUT2D eigenvalue weighted by Crippen LogP contribution is -2.19. The molecule has 94 valence electrons. The van der Waals surface area contributed by atoms with Gasteiger partial charge in [-0.15, -0.1) is 0 Å². The second-order valence-corrected chi connectivity index (χ2v) is 4.98. The summed E-state index contributed by atoms with van der Waals surface area (Å²) in [5.74, 6) is 0.257. The van der Waals surface area contributed by atoms with E-state index in [0.29, 0.717) is 23.1 Å². The van der Waals surface area contributed by atoms with Crippen molar-refractivity contribution in [1.82, 2.24) is 4.98 Å². The first-order valence-electron chi connectivity index (χ1n) is 5.46. The van der Waals surface area contributed by atoms with Gasteiger partial charge in [0.25, 0.3) is 0 Å². The minimum absolute atomic E-state index is 0.292. The molecule has 0 saturated heterocycles. The van der Waals surface area contributed by atoms with Crippen LogP contribution in [-0.4, -0.2) is 11.5 Å². The zero-order valence-corrected chi connectivity index (χ0v) is 12.0. The van der Waals surface area contributed by atoms with Gasteiger partial charge in [0.1, 0.15) is 5.82 Å². The van der Waals surface area contributed by atoms with E-state index in [-0.39, 0.29) is 5.82 Å². The van der Waals surface area contributed by atoms with E-state index < -0.39 is 0 Å². The monoisotopic (exact) mass is 328 g/mol. The van der Waals surface area contributed by atoms with Crippen molar-refractivity contribution in [1.29, 1.82) is 0 Å². The molecule has 1 aromatic carbocycles. The van der Waals surface area contributed by atoms with E-state index in [2.05, 4.69) is 20.9 Å². The molecule has 0 aliphatic rings. The molecule has 0 radical (unpaired) electrons. The Morgan fingerprint density at radius 1 is 1.39 bits per heavy atom. The summed E-state index contributed by atoms with van der Waals surface area (Å²) in [7, 11) is 0. The maximum absolute atomic E-state index is 13.8. The smallest absolute Gasteiger partial charge is 0.151 e. The predicted molar refractivity (Wildman–Crippen MR) is 76.0 cm³/mol. The van der Waals surface area contributed by atoms with E-state index in [4.69, 9.17) is 11.6 Å². The topological polar surface area (TPSA) is 16.1 Å². The molecule has 0 aliphatic carbocycles. The second-order valence-electron chi connectivity index (χ2n) is 3.65. The van der Waals surface area contributed by atoms with Crippen LogP contribution in [0, 0.1) is 5.82 Å². The van der Waals surface area contributed by atoms with Gasteiger partial charge in [0, 0.05) is 17.2 Å². The van der Waals surface area contributed by atoms with Gasteiger partial charge in [0.15, 0.2) is 5.82 Å². The van der Waals surface area contributed by atoms with Crippen molar-refractivity contribution in [2.24, 2.45) is 0 Å². The molecule has 0 unspecified atom stereocenters. The SMILES string of the molecule is CCN(c1ccccc1F)c1ncc(Br)cc1Cl. The molecule has 0 spiro atoms. The number of hydrogen-bond donors (Lipinski definition) is 0. The van der Waals surface area contributed by atoms with Gasteiger partial charge in [0.2, 0.25) is 0 Å². The van der Waals surface area contributed by atoms with E-state index in [1.54, 1.807) is 35.4 Å². The number of anilines is 2. The third-order valence-corrected chi connectivity index (χ3v) is 3.22. The minimum Gasteiger partial charge on any atom is -0.323 e. The van der Waals surface area contributed by atoms with Crippen LogP contribution >= 0.6 is 27.5 Å². The first kappa shape index (κ1) is 13.3. The number of pyridine rings is 1. The Bertz CT molecular complexity index is 562. The maximum Gasteiger partial charge on any atom is 0.151 e. The van der Waals surface area contributed by atoms with Gasteiger partial charge >= 0.3 is 0 Å². The van der Waals surface area contributed by atoms with Crippen molar-refractivity contribution in [2.75, 3.05) is 11.4 Å². The summed E-state index contributed by atoms with van der Waals surface area (Å²) >= 11 is 9.45. The lowest BCUT2D eigenvalue weighted by molar-refractivity contribution is 0.625. The van der Waals surface area contributed by atoms with Crippen LogP contribution in [0.15, 0.2) is 41.0 Å². The Hall–Kier alpha value is -1.13. The van der Waals surface area contributed by atoms with E-state index >= 15 is 0 Å².